The average molecular weight is 414 g/mol. The fourth-order valence-electron chi connectivity index (χ4n) is 4.21. The Hall–Kier alpha value is -3.13. The van der Waals surface area contributed by atoms with Crippen LogP contribution in [0.5, 0.6) is 28.7 Å². The zero-order chi connectivity index (χ0) is 21.3. The summed E-state index contributed by atoms with van der Waals surface area (Å²) in [4.78, 5) is 2.23. The highest BCUT2D eigenvalue weighted by atomic mass is 16.7. The maximum Gasteiger partial charge on any atom is 0.231 e. The van der Waals surface area contributed by atoms with E-state index in [0.717, 1.165) is 24.1 Å². The van der Waals surface area contributed by atoms with Crippen molar-refractivity contribution in [2.75, 3.05) is 41.7 Å². The van der Waals surface area contributed by atoms with Gasteiger partial charge >= 0.3 is 0 Å². The van der Waals surface area contributed by atoms with E-state index >= 15 is 0 Å². The summed E-state index contributed by atoms with van der Waals surface area (Å²) in [6.07, 6.45) is 1.32. The van der Waals surface area contributed by atoms with E-state index in [4.69, 9.17) is 23.7 Å². The Balaban J connectivity index is 1.75. The predicted molar refractivity (Wildman–Crippen MR) is 111 cm³/mol. The topological polar surface area (TPSA) is 82.0 Å². The molecule has 30 heavy (non-hydrogen) atoms. The lowest BCUT2D eigenvalue weighted by Crippen LogP contribution is -2.34. The first-order chi connectivity index (χ1) is 14.6. The molecule has 0 aromatic heterocycles. The van der Waals surface area contributed by atoms with Crippen LogP contribution in [0.2, 0.25) is 0 Å². The van der Waals surface area contributed by atoms with Crippen LogP contribution in [0.3, 0.4) is 0 Å². The van der Waals surface area contributed by atoms with Crippen molar-refractivity contribution in [1.29, 1.82) is 0 Å². The monoisotopic (exact) mass is 414 g/mol. The highest BCUT2D eigenvalue weighted by Gasteiger charge is 2.35. The molecule has 8 nitrogen and oxygen atoms in total. The molecule has 0 aliphatic carbocycles. The molecule has 160 valence electrons. The molecule has 0 unspecified atom stereocenters. The zero-order valence-corrected chi connectivity index (χ0v) is 17.6. The predicted octanol–water partition coefficient (Wildman–Crippen LogP) is 3.24. The molecule has 0 saturated carbocycles. The quantitative estimate of drug-likeness (QED) is 0.441. The van der Waals surface area contributed by atoms with Gasteiger partial charge in [-0.1, -0.05) is 5.16 Å². The third kappa shape index (κ3) is 3.37. The van der Waals surface area contributed by atoms with Gasteiger partial charge in [-0.05, 0) is 37.2 Å². The Morgan fingerprint density at radius 1 is 1.17 bits per heavy atom. The standard InChI is InChI=1S/C22H26N2O6/c1-24-8-7-13-9-19-21(30-12-29-19)22(28-4)20(13)17(24)11-16(23-25)15-6-5-14(26-2)10-18(15)27-3/h5-6,9-10,17,25H,7-8,11-12H2,1-4H3/t17-/m0/s1. The fraction of sp³-hybridized carbons (Fsp3) is 0.409. The Bertz CT molecular complexity index is 975. The lowest BCUT2D eigenvalue weighted by Gasteiger charge is -2.36. The van der Waals surface area contributed by atoms with Crippen LogP contribution >= 0.6 is 0 Å². The lowest BCUT2D eigenvalue weighted by molar-refractivity contribution is 0.170. The Morgan fingerprint density at radius 2 is 2.00 bits per heavy atom. The molecule has 2 aliphatic heterocycles. The molecule has 0 radical (unpaired) electrons. The highest BCUT2D eigenvalue weighted by molar-refractivity contribution is 6.03. The molecule has 2 aliphatic rings. The van der Waals surface area contributed by atoms with Crippen molar-refractivity contribution in [2.45, 2.75) is 18.9 Å². The molecule has 2 heterocycles. The first-order valence-electron chi connectivity index (χ1n) is 9.74. The molecule has 0 amide bonds. The van der Waals surface area contributed by atoms with E-state index in [0.29, 0.717) is 46.4 Å². The molecular formula is C22H26N2O6. The van der Waals surface area contributed by atoms with E-state index in [1.807, 2.05) is 18.2 Å². The summed E-state index contributed by atoms with van der Waals surface area (Å²) in [5.74, 6) is 3.26. The number of likely N-dealkylation sites (N-methyl/N-ethyl adjacent to an activating group) is 1. The van der Waals surface area contributed by atoms with Crippen LogP contribution in [-0.4, -0.2) is 57.5 Å². The van der Waals surface area contributed by atoms with Crippen molar-refractivity contribution >= 4 is 5.71 Å². The normalized spacial score (nSPS) is 18.1. The maximum atomic E-state index is 9.88. The number of ether oxygens (including phenoxy) is 5. The molecule has 2 aromatic carbocycles. The van der Waals surface area contributed by atoms with E-state index in [9.17, 15) is 5.21 Å². The molecule has 2 aromatic rings. The summed E-state index contributed by atoms with van der Waals surface area (Å²) in [6, 6.07) is 7.39. The van der Waals surface area contributed by atoms with E-state index in [-0.39, 0.29) is 12.8 Å². The number of methoxy groups -OCH3 is 3. The third-order valence-corrected chi connectivity index (χ3v) is 5.77. The largest absolute Gasteiger partial charge is 0.497 e. The third-order valence-electron chi connectivity index (χ3n) is 5.77. The average Bonchev–Trinajstić information content (AvgIpc) is 3.25. The molecule has 4 rings (SSSR count). The fourth-order valence-corrected chi connectivity index (χ4v) is 4.21. The Morgan fingerprint density at radius 3 is 2.70 bits per heavy atom. The summed E-state index contributed by atoms with van der Waals surface area (Å²) in [6.45, 7) is 1.04. The highest BCUT2D eigenvalue weighted by Crippen LogP contribution is 2.50. The number of fused-ring (bicyclic) bond motifs is 2. The second-order valence-corrected chi connectivity index (χ2v) is 7.28. The van der Waals surface area contributed by atoms with E-state index in [1.54, 1.807) is 27.4 Å². The molecule has 1 atom stereocenters. The SMILES string of the molecule is COc1ccc(C(C[C@H]2c3c(cc4c(c3OC)OCO4)CCN2C)=NO)c(OC)c1. The van der Waals surface area contributed by atoms with Crippen LogP contribution in [0.15, 0.2) is 29.4 Å². The van der Waals surface area contributed by atoms with Crippen LogP contribution in [0.4, 0.5) is 0 Å². The van der Waals surface area contributed by atoms with Crippen LogP contribution < -0.4 is 23.7 Å². The number of rotatable bonds is 6. The molecule has 1 N–H and O–H groups in total. The minimum Gasteiger partial charge on any atom is -0.497 e. The number of hydrogen-bond donors (Lipinski definition) is 1. The Labute approximate surface area is 175 Å². The van der Waals surface area contributed by atoms with Crippen molar-refractivity contribution in [3.8, 4) is 28.7 Å². The van der Waals surface area contributed by atoms with Gasteiger partial charge in [-0.3, -0.25) is 4.90 Å². The van der Waals surface area contributed by atoms with Crippen molar-refractivity contribution in [2.24, 2.45) is 5.16 Å². The summed E-state index contributed by atoms with van der Waals surface area (Å²) in [5, 5.41) is 13.5. The zero-order valence-electron chi connectivity index (χ0n) is 17.6. The van der Waals surface area contributed by atoms with Crippen LogP contribution in [0.25, 0.3) is 0 Å². The number of hydrogen-bond acceptors (Lipinski definition) is 8. The van der Waals surface area contributed by atoms with Crippen LogP contribution in [0.1, 0.15) is 29.2 Å². The van der Waals surface area contributed by atoms with Gasteiger partial charge in [0.25, 0.3) is 0 Å². The van der Waals surface area contributed by atoms with Crippen LogP contribution in [-0.2, 0) is 6.42 Å². The summed E-state index contributed by atoms with van der Waals surface area (Å²) in [5.41, 5.74) is 3.40. The first-order valence-corrected chi connectivity index (χ1v) is 9.74. The molecule has 8 heteroatoms. The van der Waals surface area contributed by atoms with Gasteiger partial charge in [0.1, 0.15) is 11.5 Å². The van der Waals surface area contributed by atoms with Gasteiger partial charge in [-0.25, -0.2) is 0 Å². The van der Waals surface area contributed by atoms with Gasteiger partial charge in [0, 0.05) is 36.2 Å². The first kappa shape index (κ1) is 20.2. The number of benzene rings is 2. The second-order valence-electron chi connectivity index (χ2n) is 7.28. The summed E-state index contributed by atoms with van der Waals surface area (Å²) >= 11 is 0. The van der Waals surface area contributed by atoms with Gasteiger partial charge in [0.15, 0.2) is 11.5 Å². The van der Waals surface area contributed by atoms with Gasteiger partial charge in [0.05, 0.1) is 27.0 Å². The minimum absolute atomic E-state index is 0.0732. The maximum absolute atomic E-state index is 9.88. The van der Waals surface area contributed by atoms with Gasteiger partial charge in [0.2, 0.25) is 12.5 Å². The molecule has 0 spiro atoms. The van der Waals surface area contributed by atoms with Crippen molar-refractivity contribution in [3.63, 3.8) is 0 Å². The molecule has 0 fully saturated rings. The summed E-state index contributed by atoms with van der Waals surface area (Å²) < 4.78 is 27.8. The second kappa shape index (κ2) is 8.31. The van der Waals surface area contributed by atoms with Crippen molar-refractivity contribution in [1.82, 2.24) is 4.90 Å². The number of nitrogens with zero attached hydrogens (tertiary/aromatic N) is 2. The van der Waals surface area contributed by atoms with E-state index < -0.39 is 0 Å². The molecule has 0 bridgehead atoms. The van der Waals surface area contributed by atoms with Gasteiger partial charge in [-0.15, -0.1) is 0 Å². The minimum atomic E-state index is -0.0732. The Kier molecular flexibility index (Phi) is 5.59. The van der Waals surface area contributed by atoms with Crippen molar-refractivity contribution < 1.29 is 28.9 Å². The van der Waals surface area contributed by atoms with Gasteiger partial charge in [-0.2, -0.15) is 0 Å². The number of oxime groups is 1. The summed E-state index contributed by atoms with van der Waals surface area (Å²) in [7, 11) is 6.87. The van der Waals surface area contributed by atoms with E-state index in [1.165, 1.54) is 0 Å². The van der Waals surface area contributed by atoms with Crippen LogP contribution in [0, 0.1) is 0 Å². The van der Waals surface area contributed by atoms with Crippen molar-refractivity contribution in [3.05, 3.63) is 41.0 Å². The van der Waals surface area contributed by atoms with Gasteiger partial charge < -0.3 is 28.9 Å². The lowest BCUT2D eigenvalue weighted by atomic mass is 9.87. The smallest absolute Gasteiger partial charge is 0.231 e. The molecular weight excluding hydrogens is 388 g/mol. The molecule has 0 saturated heterocycles. The van der Waals surface area contributed by atoms with E-state index in [2.05, 4.69) is 17.1 Å².